The Labute approximate surface area is 119 Å². The minimum absolute atomic E-state index is 0.162. The average Bonchev–Trinajstić information content (AvgIpc) is 2.40. The molecule has 20 heavy (non-hydrogen) atoms. The number of benzene rings is 2. The summed E-state index contributed by atoms with van der Waals surface area (Å²) < 4.78 is 14.3. The lowest BCUT2D eigenvalue weighted by molar-refractivity contribution is -0.136. The van der Waals surface area contributed by atoms with Crippen LogP contribution in [0.15, 0.2) is 36.4 Å². The van der Waals surface area contributed by atoms with Crippen LogP contribution in [0, 0.1) is 17.1 Å². The molecule has 0 heterocycles. The van der Waals surface area contributed by atoms with E-state index in [-0.39, 0.29) is 23.1 Å². The van der Waals surface area contributed by atoms with Gasteiger partial charge in [-0.3, -0.25) is 4.79 Å². The van der Waals surface area contributed by atoms with Crippen LogP contribution in [0.2, 0.25) is 5.02 Å². The number of nitrogens with zero attached hydrogens (tertiary/aromatic N) is 1. The van der Waals surface area contributed by atoms with Crippen molar-refractivity contribution in [3.63, 3.8) is 0 Å². The average molecular weight is 290 g/mol. The zero-order chi connectivity index (χ0) is 14.7. The summed E-state index contributed by atoms with van der Waals surface area (Å²) in [6, 6.07) is 11.2. The second kappa shape index (κ2) is 5.72. The van der Waals surface area contributed by atoms with E-state index >= 15 is 0 Å². The van der Waals surface area contributed by atoms with E-state index < -0.39 is 11.8 Å². The van der Waals surface area contributed by atoms with Crippen LogP contribution in [0.25, 0.3) is 11.1 Å². The molecule has 5 heteroatoms. The minimum atomic E-state index is -1.11. The first-order chi connectivity index (χ1) is 9.52. The number of aliphatic carboxylic acids is 1. The topological polar surface area (TPSA) is 61.1 Å². The first-order valence-electron chi connectivity index (χ1n) is 5.72. The van der Waals surface area contributed by atoms with Crippen molar-refractivity contribution in [2.75, 3.05) is 0 Å². The predicted octanol–water partition coefficient (Wildman–Crippen LogP) is 3.64. The van der Waals surface area contributed by atoms with Crippen LogP contribution in [0.5, 0.6) is 0 Å². The van der Waals surface area contributed by atoms with Crippen LogP contribution in [0.1, 0.15) is 11.1 Å². The van der Waals surface area contributed by atoms with Crippen LogP contribution in [0.4, 0.5) is 4.39 Å². The molecule has 0 radical (unpaired) electrons. The normalized spacial score (nSPS) is 10.1. The summed E-state index contributed by atoms with van der Waals surface area (Å²) >= 11 is 5.77. The summed E-state index contributed by atoms with van der Waals surface area (Å²) in [6.45, 7) is 0. The number of rotatable bonds is 3. The molecular formula is C15H9ClFNO2. The van der Waals surface area contributed by atoms with E-state index in [0.29, 0.717) is 10.6 Å². The molecule has 0 unspecified atom stereocenters. The standard InChI is InChI=1S/C15H9ClFNO2/c16-11-4-1-9(2-5-11)12-6-3-10(7-14(19)20)13(8-18)15(12)17/h1-6H,7H2,(H,19,20). The van der Waals surface area contributed by atoms with Gasteiger partial charge in [-0.15, -0.1) is 0 Å². The highest BCUT2D eigenvalue weighted by molar-refractivity contribution is 6.30. The highest BCUT2D eigenvalue weighted by atomic mass is 35.5. The number of carbonyl (C=O) groups is 1. The van der Waals surface area contributed by atoms with Crippen molar-refractivity contribution >= 4 is 17.6 Å². The lowest BCUT2D eigenvalue weighted by Crippen LogP contribution is -2.04. The molecule has 2 rings (SSSR count). The van der Waals surface area contributed by atoms with Gasteiger partial charge in [0, 0.05) is 10.6 Å². The molecule has 0 fully saturated rings. The molecular weight excluding hydrogens is 281 g/mol. The van der Waals surface area contributed by atoms with Gasteiger partial charge in [0.15, 0.2) is 0 Å². The van der Waals surface area contributed by atoms with Crippen molar-refractivity contribution in [1.29, 1.82) is 5.26 Å². The van der Waals surface area contributed by atoms with Gasteiger partial charge < -0.3 is 5.11 Å². The fraction of sp³-hybridized carbons (Fsp3) is 0.0667. The summed E-state index contributed by atoms with van der Waals surface area (Å²) in [5.74, 6) is -1.83. The molecule has 0 aromatic heterocycles. The SMILES string of the molecule is N#Cc1c(CC(=O)O)ccc(-c2ccc(Cl)cc2)c1F. The van der Waals surface area contributed by atoms with Crippen LogP contribution >= 0.6 is 11.6 Å². The molecule has 0 spiro atoms. The Hall–Kier alpha value is -2.38. The Morgan fingerprint density at radius 2 is 1.90 bits per heavy atom. The number of hydrogen-bond acceptors (Lipinski definition) is 2. The number of carboxylic acid groups (broad SMARTS) is 1. The van der Waals surface area contributed by atoms with Gasteiger partial charge in [-0.25, -0.2) is 4.39 Å². The third-order valence-corrected chi connectivity index (χ3v) is 3.09. The molecule has 2 aromatic carbocycles. The van der Waals surface area contributed by atoms with Gasteiger partial charge in [0.2, 0.25) is 0 Å². The molecule has 0 atom stereocenters. The molecule has 0 aliphatic carbocycles. The van der Waals surface area contributed by atoms with Gasteiger partial charge in [0.25, 0.3) is 0 Å². The lowest BCUT2D eigenvalue weighted by atomic mass is 9.97. The lowest BCUT2D eigenvalue weighted by Gasteiger charge is -2.08. The van der Waals surface area contributed by atoms with Crippen molar-refractivity contribution in [3.05, 3.63) is 58.4 Å². The monoisotopic (exact) mass is 289 g/mol. The summed E-state index contributed by atoms with van der Waals surface area (Å²) in [6.07, 6.45) is -0.388. The van der Waals surface area contributed by atoms with Crippen molar-refractivity contribution in [2.45, 2.75) is 6.42 Å². The van der Waals surface area contributed by atoms with E-state index in [9.17, 15) is 9.18 Å². The van der Waals surface area contributed by atoms with E-state index in [4.69, 9.17) is 22.0 Å². The van der Waals surface area contributed by atoms with Gasteiger partial charge in [0.05, 0.1) is 12.0 Å². The zero-order valence-electron chi connectivity index (χ0n) is 10.2. The fourth-order valence-corrected chi connectivity index (χ4v) is 2.03. The van der Waals surface area contributed by atoms with E-state index in [1.807, 2.05) is 0 Å². The zero-order valence-corrected chi connectivity index (χ0v) is 11.0. The molecule has 1 N–H and O–H groups in total. The molecule has 0 saturated carbocycles. The number of halogens is 2. The maximum atomic E-state index is 14.3. The van der Waals surface area contributed by atoms with Crippen molar-refractivity contribution < 1.29 is 14.3 Å². The first kappa shape index (κ1) is 14.0. The number of nitriles is 1. The van der Waals surface area contributed by atoms with Crippen LogP contribution in [0.3, 0.4) is 0 Å². The Morgan fingerprint density at radius 3 is 2.45 bits per heavy atom. The molecule has 100 valence electrons. The first-order valence-corrected chi connectivity index (χ1v) is 6.10. The summed E-state index contributed by atoms with van der Waals surface area (Å²) in [5, 5.41) is 18.3. The Balaban J connectivity index is 2.55. The van der Waals surface area contributed by atoms with Gasteiger partial charge in [-0.05, 0) is 23.3 Å². The summed E-state index contributed by atoms with van der Waals surface area (Å²) in [5.41, 5.74) is 0.743. The molecule has 0 saturated heterocycles. The van der Waals surface area contributed by atoms with E-state index in [1.165, 1.54) is 12.1 Å². The number of hydrogen-bond donors (Lipinski definition) is 1. The molecule has 2 aromatic rings. The fourth-order valence-electron chi connectivity index (χ4n) is 1.90. The Bertz CT molecular complexity index is 705. The molecule has 0 bridgehead atoms. The van der Waals surface area contributed by atoms with Gasteiger partial charge >= 0.3 is 5.97 Å². The summed E-state index contributed by atoms with van der Waals surface area (Å²) in [4.78, 5) is 10.7. The van der Waals surface area contributed by atoms with E-state index in [1.54, 1.807) is 30.3 Å². The molecule has 0 amide bonds. The van der Waals surface area contributed by atoms with E-state index in [2.05, 4.69) is 0 Å². The van der Waals surface area contributed by atoms with Crippen LogP contribution in [-0.4, -0.2) is 11.1 Å². The van der Waals surface area contributed by atoms with Crippen molar-refractivity contribution in [1.82, 2.24) is 0 Å². The van der Waals surface area contributed by atoms with E-state index in [0.717, 1.165) is 0 Å². The van der Waals surface area contributed by atoms with Crippen LogP contribution < -0.4 is 0 Å². The predicted molar refractivity (Wildman–Crippen MR) is 72.9 cm³/mol. The number of carboxylic acids is 1. The maximum Gasteiger partial charge on any atom is 0.307 e. The molecule has 3 nitrogen and oxygen atoms in total. The maximum absolute atomic E-state index is 14.3. The van der Waals surface area contributed by atoms with Crippen molar-refractivity contribution in [2.24, 2.45) is 0 Å². The quantitative estimate of drug-likeness (QED) is 0.938. The Morgan fingerprint density at radius 1 is 1.25 bits per heavy atom. The molecule has 0 aliphatic heterocycles. The molecule has 0 aliphatic rings. The Kier molecular flexibility index (Phi) is 4.02. The smallest absolute Gasteiger partial charge is 0.307 e. The third-order valence-electron chi connectivity index (χ3n) is 2.84. The minimum Gasteiger partial charge on any atom is -0.481 e. The van der Waals surface area contributed by atoms with Gasteiger partial charge in [-0.1, -0.05) is 35.9 Å². The highest BCUT2D eigenvalue weighted by Crippen LogP contribution is 2.28. The van der Waals surface area contributed by atoms with Crippen molar-refractivity contribution in [3.8, 4) is 17.2 Å². The second-order valence-electron chi connectivity index (χ2n) is 4.15. The van der Waals surface area contributed by atoms with Gasteiger partial charge in [-0.2, -0.15) is 5.26 Å². The van der Waals surface area contributed by atoms with Gasteiger partial charge in [0.1, 0.15) is 11.9 Å². The second-order valence-corrected chi connectivity index (χ2v) is 4.59. The summed E-state index contributed by atoms with van der Waals surface area (Å²) in [7, 11) is 0. The largest absolute Gasteiger partial charge is 0.481 e. The third kappa shape index (κ3) is 2.79. The van der Waals surface area contributed by atoms with Crippen LogP contribution in [-0.2, 0) is 11.2 Å². The highest BCUT2D eigenvalue weighted by Gasteiger charge is 2.16.